The van der Waals surface area contributed by atoms with E-state index in [0.29, 0.717) is 13.2 Å². The molecule has 0 fully saturated rings. The molecule has 0 spiro atoms. The molecule has 0 atom stereocenters. The van der Waals surface area contributed by atoms with Crippen LogP contribution in [0.1, 0.15) is 33.3 Å². The maximum atomic E-state index is 11.5. The van der Waals surface area contributed by atoms with Gasteiger partial charge in [0.05, 0.1) is 6.61 Å². The van der Waals surface area contributed by atoms with Gasteiger partial charge in [0.2, 0.25) is 0 Å². The normalized spacial score (nSPS) is 10.9. The van der Waals surface area contributed by atoms with Crippen molar-refractivity contribution in [3.63, 3.8) is 0 Å². The van der Waals surface area contributed by atoms with Gasteiger partial charge in [-0.05, 0) is 45.4 Å². The summed E-state index contributed by atoms with van der Waals surface area (Å²) in [7, 11) is 0. The van der Waals surface area contributed by atoms with E-state index in [1.54, 1.807) is 0 Å². The van der Waals surface area contributed by atoms with Crippen LogP contribution in [0, 0.1) is 0 Å². The molecule has 1 N–H and O–H groups in total. The van der Waals surface area contributed by atoms with Crippen LogP contribution in [0.2, 0.25) is 0 Å². The van der Waals surface area contributed by atoms with Gasteiger partial charge in [0.25, 0.3) is 0 Å². The Bertz CT molecular complexity index is 396. The van der Waals surface area contributed by atoms with E-state index < -0.39 is 11.7 Å². The zero-order valence-corrected chi connectivity index (χ0v) is 11.4. The second-order valence-electron chi connectivity index (χ2n) is 4.94. The fraction of sp³-hybridized carbons (Fsp3) is 0.500. The van der Waals surface area contributed by atoms with E-state index >= 15 is 0 Å². The lowest BCUT2D eigenvalue weighted by atomic mass is 10.2. The molecule has 0 aromatic heterocycles. The van der Waals surface area contributed by atoms with Gasteiger partial charge in [-0.2, -0.15) is 0 Å². The lowest BCUT2D eigenvalue weighted by molar-refractivity contribution is 0.0523. The molecule has 100 valence electrons. The largest absolute Gasteiger partial charge is 0.494 e. The Hall–Kier alpha value is -1.71. The molecule has 4 heteroatoms. The standard InChI is InChI=1S/C14H21NO3/c1-5-17-12-8-6-7-11(9-12)10-15-13(16)18-14(2,3)4/h6-9H,5,10H2,1-4H3,(H,15,16). The fourth-order valence-electron chi connectivity index (χ4n) is 1.40. The highest BCUT2D eigenvalue weighted by Crippen LogP contribution is 2.13. The number of hydrogen-bond donors (Lipinski definition) is 1. The minimum atomic E-state index is -0.475. The summed E-state index contributed by atoms with van der Waals surface area (Å²) in [5.74, 6) is 0.806. The summed E-state index contributed by atoms with van der Waals surface area (Å²) in [6.07, 6.45) is -0.413. The van der Waals surface area contributed by atoms with Gasteiger partial charge in [-0.3, -0.25) is 0 Å². The fourth-order valence-corrected chi connectivity index (χ4v) is 1.40. The SMILES string of the molecule is CCOc1cccc(CNC(=O)OC(C)(C)C)c1. The summed E-state index contributed by atoms with van der Waals surface area (Å²) < 4.78 is 10.5. The Morgan fingerprint density at radius 2 is 2.06 bits per heavy atom. The van der Waals surface area contributed by atoms with E-state index in [1.165, 1.54) is 0 Å². The zero-order valence-electron chi connectivity index (χ0n) is 11.4. The molecule has 0 radical (unpaired) electrons. The minimum absolute atomic E-state index is 0.413. The van der Waals surface area contributed by atoms with Crippen molar-refractivity contribution in [2.24, 2.45) is 0 Å². The highest BCUT2D eigenvalue weighted by molar-refractivity contribution is 5.67. The zero-order chi connectivity index (χ0) is 13.6. The molecule has 0 saturated carbocycles. The van der Waals surface area contributed by atoms with E-state index in [1.807, 2.05) is 52.0 Å². The first-order valence-corrected chi connectivity index (χ1v) is 6.09. The second kappa shape index (κ2) is 6.28. The monoisotopic (exact) mass is 251 g/mol. The van der Waals surface area contributed by atoms with Gasteiger partial charge in [0.15, 0.2) is 0 Å². The smallest absolute Gasteiger partial charge is 0.407 e. The van der Waals surface area contributed by atoms with Crippen molar-refractivity contribution in [2.45, 2.75) is 39.8 Å². The van der Waals surface area contributed by atoms with Gasteiger partial charge in [-0.15, -0.1) is 0 Å². The van der Waals surface area contributed by atoms with E-state index in [2.05, 4.69) is 5.32 Å². The first-order chi connectivity index (χ1) is 8.40. The summed E-state index contributed by atoms with van der Waals surface area (Å²) >= 11 is 0. The third kappa shape index (κ3) is 5.57. The van der Waals surface area contributed by atoms with Crippen molar-refractivity contribution < 1.29 is 14.3 Å². The van der Waals surface area contributed by atoms with Crippen LogP contribution in [-0.4, -0.2) is 18.3 Å². The molecule has 0 aliphatic rings. The first kappa shape index (κ1) is 14.4. The van der Waals surface area contributed by atoms with E-state index in [-0.39, 0.29) is 0 Å². The van der Waals surface area contributed by atoms with Crippen LogP contribution in [0.25, 0.3) is 0 Å². The van der Waals surface area contributed by atoms with Crippen molar-refractivity contribution >= 4 is 6.09 Å². The Morgan fingerprint density at radius 3 is 2.67 bits per heavy atom. The number of ether oxygens (including phenoxy) is 2. The summed E-state index contributed by atoms with van der Waals surface area (Å²) in [6.45, 7) is 8.50. The number of amides is 1. The molecule has 18 heavy (non-hydrogen) atoms. The first-order valence-electron chi connectivity index (χ1n) is 6.09. The highest BCUT2D eigenvalue weighted by Gasteiger charge is 2.15. The maximum absolute atomic E-state index is 11.5. The topological polar surface area (TPSA) is 47.6 Å². The third-order valence-corrected chi connectivity index (χ3v) is 2.05. The summed E-state index contributed by atoms with van der Waals surface area (Å²) in [5.41, 5.74) is 0.504. The number of carbonyl (C=O) groups excluding carboxylic acids is 1. The Morgan fingerprint density at radius 1 is 1.33 bits per heavy atom. The maximum Gasteiger partial charge on any atom is 0.407 e. The Kier molecular flexibility index (Phi) is 5.01. The lowest BCUT2D eigenvalue weighted by Gasteiger charge is -2.19. The summed E-state index contributed by atoms with van der Waals surface area (Å²) in [4.78, 5) is 11.5. The second-order valence-corrected chi connectivity index (χ2v) is 4.94. The molecule has 1 aromatic rings. The third-order valence-electron chi connectivity index (χ3n) is 2.05. The van der Waals surface area contributed by atoms with Gasteiger partial charge >= 0.3 is 6.09 Å². The average Bonchev–Trinajstić information content (AvgIpc) is 2.25. The van der Waals surface area contributed by atoms with Gasteiger partial charge < -0.3 is 14.8 Å². The van der Waals surface area contributed by atoms with Crippen molar-refractivity contribution in [2.75, 3.05) is 6.61 Å². The molecule has 1 aromatic carbocycles. The summed E-state index contributed by atoms with van der Waals surface area (Å²) in [5, 5.41) is 2.71. The molecule has 0 saturated heterocycles. The van der Waals surface area contributed by atoms with Gasteiger partial charge in [0.1, 0.15) is 11.4 Å². The van der Waals surface area contributed by atoms with Crippen molar-refractivity contribution in [1.82, 2.24) is 5.32 Å². The Labute approximate surface area is 108 Å². The van der Waals surface area contributed by atoms with E-state index in [4.69, 9.17) is 9.47 Å². The van der Waals surface area contributed by atoms with Crippen LogP contribution >= 0.6 is 0 Å². The lowest BCUT2D eigenvalue weighted by Crippen LogP contribution is -2.32. The molecule has 0 unspecified atom stereocenters. The van der Waals surface area contributed by atoms with Crippen molar-refractivity contribution in [1.29, 1.82) is 0 Å². The molecule has 1 amide bonds. The number of hydrogen-bond acceptors (Lipinski definition) is 3. The van der Waals surface area contributed by atoms with Gasteiger partial charge in [0, 0.05) is 6.54 Å². The molecule has 0 aliphatic carbocycles. The molecule has 0 bridgehead atoms. The molecule has 4 nitrogen and oxygen atoms in total. The molecular formula is C14H21NO3. The number of carbonyl (C=O) groups is 1. The minimum Gasteiger partial charge on any atom is -0.494 e. The average molecular weight is 251 g/mol. The molecular weight excluding hydrogens is 230 g/mol. The van der Waals surface area contributed by atoms with Gasteiger partial charge in [-0.25, -0.2) is 4.79 Å². The summed E-state index contributed by atoms with van der Waals surface area (Å²) in [6, 6.07) is 7.62. The van der Waals surface area contributed by atoms with Crippen LogP contribution in [0.5, 0.6) is 5.75 Å². The predicted molar refractivity (Wildman–Crippen MR) is 70.7 cm³/mol. The van der Waals surface area contributed by atoms with Crippen LogP contribution in [0.3, 0.4) is 0 Å². The van der Waals surface area contributed by atoms with Crippen LogP contribution in [-0.2, 0) is 11.3 Å². The number of benzene rings is 1. The van der Waals surface area contributed by atoms with Crippen LogP contribution in [0.15, 0.2) is 24.3 Å². The number of alkyl carbamates (subject to hydrolysis) is 1. The quantitative estimate of drug-likeness (QED) is 0.894. The Balaban J connectivity index is 2.48. The van der Waals surface area contributed by atoms with Crippen molar-refractivity contribution in [3.8, 4) is 5.75 Å². The van der Waals surface area contributed by atoms with Crippen molar-refractivity contribution in [3.05, 3.63) is 29.8 Å². The molecule has 0 aliphatic heterocycles. The van der Waals surface area contributed by atoms with Gasteiger partial charge in [-0.1, -0.05) is 12.1 Å². The van der Waals surface area contributed by atoms with Crippen LogP contribution < -0.4 is 10.1 Å². The molecule has 0 heterocycles. The van der Waals surface area contributed by atoms with E-state index in [9.17, 15) is 4.79 Å². The predicted octanol–water partition coefficient (Wildman–Crippen LogP) is 3.11. The highest BCUT2D eigenvalue weighted by atomic mass is 16.6. The number of rotatable bonds is 4. The van der Waals surface area contributed by atoms with E-state index in [0.717, 1.165) is 11.3 Å². The number of nitrogens with one attached hydrogen (secondary N) is 1. The molecule has 1 rings (SSSR count). The van der Waals surface area contributed by atoms with Crippen LogP contribution in [0.4, 0.5) is 4.79 Å².